The molecule has 0 spiro atoms. The standard InChI is InChI=1S/C18H20Cl2N4O.2ClH/c1-25-17-5-3-2-4-16(17)23-6-8-24(9-7-23)18(21)22-15-11-13(19)10-14(20)12-15;;/h2-5,10-12H,6-9H2,1H3,(H2,21,22);2*1H. The Balaban J connectivity index is 0.00000182. The van der Waals surface area contributed by atoms with Crippen molar-refractivity contribution in [1.82, 2.24) is 4.90 Å². The number of ether oxygens (including phenoxy) is 1. The molecule has 2 aromatic rings. The zero-order valence-electron chi connectivity index (χ0n) is 14.8. The van der Waals surface area contributed by atoms with Crippen LogP contribution in [0.5, 0.6) is 5.75 Å². The molecule has 2 aromatic carbocycles. The molecule has 27 heavy (non-hydrogen) atoms. The average molecular weight is 452 g/mol. The van der Waals surface area contributed by atoms with Crippen molar-refractivity contribution in [2.24, 2.45) is 10.7 Å². The highest BCUT2D eigenvalue weighted by Gasteiger charge is 2.20. The first kappa shape index (κ1) is 23.5. The molecule has 0 amide bonds. The number of nitrogens with zero attached hydrogens (tertiary/aromatic N) is 3. The summed E-state index contributed by atoms with van der Waals surface area (Å²) in [5.74, 6) is 1.35. The van der Waals surface area contributed by atoms with Crippen LogP contribution in [0.2, 0.25) is 10.0 Å². The van der Waals surface area contributed by atoms with Gasteiger partial charge in [-0.15, -0.1) is 24.8 Å². The third-order valence-corrected chi connectivity index (χ3v) is 4.56. The molecule has 1 heterocycles. The maximum absolute atomic E-state index is 6.17. The van der Waals surface area contributed by atoms with Crippen LogP contribution in [-0.2, 0) is 0 Å². The summed E-state index contributed by atoms with van der Waals surface area (Å²) < 4.78 is 5.45. The van der Waals surface area contributed by atoms with Crippen molar-refractivity contribution >= 4 is 65.4 Å². The predicted octanol–water partition coefficient (Wildman–Crippen LogP) is 4.61. The van der Waals surface area contributed by atoms with E-state index < -0.39 is 0 Å². The molecule has 0 atom stereocenters. The SMILES string of the molecule is COc1ccccc1N1CCN(C(N)=Nc2cc(Cl)cc(Cl)c2)CC1.Cl.Cl. The Hall–Kier alpha value is -1.53. The highest BCUT2D eigenvalue weighted by atomic mass is 35.5. The lowest BCUT2D eigenvalue weighted by Gasteiger charge is -2.37. The molecule has 0 bridgehead atoms. The van der Waals surface area contributed by atoms with E-state index in [-0.39, 0.29) is 24.8 Å². The van der Waals surface area contributed by atoms with Gasteiger partial charge in [-0.1, -0.05) is 35.3 Å². The molecule has 2 N–H and O–H groups in total. The van der Waals surface area contributed by atoms with Gasteiger partial charge in [0.15, 0.2) is 5.96 Å². The first-order valence-corrected chi connectivity index (χ1v) is 8.75. The molecular formula is C18H22Cl4N4O. The van der Waals surface area contributed by atoms with Gasteiger partial charge in [0.25, 0.3) is 0 Å². The number of aliphatic imine (C=N–C) groups is 1. The number of para-hydroxylation sites is 2. The fourth-order valence-corrected chi connectivity index (χ4v) is 3.39. The molecule has 0 aromatic heterocycles. The third-order valence-electron chi connectivity index (χ3n) is 4.12. The van der Waals surface area contributed by atoms with Crippen LogP contribution >= 0.6 is 48.0 Å². The van der Waals surface area contributed by atoms with E-state index in [1.165, 1.54) is 0 Å². The minimum atomic E-state index is 0. The topological polar surface area (TPSA) is 54.1 Å². The first-order valence-electron chi connectivity index (χ1n) is 8.00. The Morgan fingerprint density at radius 2 is 1.59 bits per heavy atom. The van der Waals surface area contributed by atoms with Gasteiger partial charge in [-0.3, -0.25) is 0 Å². The Labute approximate surface area is 181 Å². The third kappa shape index (κ3) is 5.98. The fraction of sp³-hybridized carbons (Fsp3) is 0.278. The van der Waals surface area contributed by atoms with E-state index in [1.54, 1.807) is 25.3 Å². The van der Waals surface area contributed by atoms with E-state index >= 15 is 0 Å². The van der Waals surface area contributed by atoms with Gasteiger partial charge in [-0.25, -0.2) is 4.99 Å². The summed E-state index contributed by atoms with van der Waals surface area (Å²) in [7, 11) is 1.69. The van der Waals surface area contributed by atoms with Crippen LogP contribution in [0, 0.1) is 0 Å². The van der Waals surface area contributed by atoms with Crippen LogP contribution in [0.4, 0.5) is 11.4 Å². The van der Waals surface area contributed by atoms with Crippen LogP contribution < -0.4 is 15.4 Å². The minimum absolute atomic E-state index is 0. The lowest BCUT2D eigenvalue weighted by atomic mass is 10.2. The number of hydrogen-bond acceptors (Lipinski definition) is 3. The molecule has 0 aliphatic carbocycles. The number of guanidine groups is 1. The molecule has 1 aliphatic rings. The molecule has 9 heteroatoms. The largest absolute Gasteiger partial charge is 0.495 e. The number of hydrogen-bond donors (Lipinski definition) is 1. The van der Waals surface area contributed by atoms with Gasteiger partial charge < -0.3 is 20.3 Å². The number of rotatable bonds is 3. The second-order valence-corrected chi connectivity index (χ2v) is 6.62. The Morgan fingerprint density at radius 3 is 2.19 bits per heavy atom. The molecule has 1 saturated heterocycles. The van der Waals surface area contributed by atoms with Crippen molar-refractivity contribution in [3.63, 3.8) is 0 Å². The highest BCUT2D eigenvalue weighted by molar-refractivity contribution is 6.35. The van der Waals surface area contributed by atoms with E-state index in [0.29, 0.717) is 21.7 Å². The van der Waals surface area contributed by atoms with Crippen molar-refractivity contribution in [2.45, 2.75) is 0 Å². The summed E-state index contributed by atoms with van der Waals surface area (Å²) in [6.07, 6.45) is 0. The number of piperazine rings is 1. The predicted molar refractivity (Wildman–Crippen MR) is 119 cm³/mol. The van der Waals surface area contributed by atoms with E-state index in [4.69, 9.17) is 33.7 Å². The average Bonchev–Trinajstić information content (AvgIpc) is 2.61. The highest BCUT2D eigenvalue weighted by Crippen LogP contribution is 2.28. The van der Waals surface area contributed by atoms with E-state index in [0.717, 1.165) is 37.6 Å². The van der Waals surface area contributed by atoms with Gasteiger partial charge in [0, 0.05) is 36.2 Å². The van der Waals surface area contributed by atoms with E-state index in [9.17, 15) is 0 Å². The lowest BCUT2D eigenvalue weighted by molar-refractivity contribution is 0.375. The molecule has 3 rings (SSSR count). The van der Waals surface area contributed by atoms with E-state index in [2.05, 4.69) is 20.9 Å². The van der Waals surface area contributed by atoms with Gasteiger partial charge in [-0.2, -0.15) is 0 Å². The molecule has 0 saturated carbocycles. The zero-order valence-corrected chi connectivity index (χ0v) is 17.9. The Morgan fingerprint density at radius 1 is 1.00 bits per heavy atom. The lowest BCUT2D eigenvalue weighted by Crippen LogP contribution is -2.51. The molecule has 0 radical (unpaired) electrons. The van der Waals surface area contributed by atoms with Crippen molar-refractivity contribution in [3.8, 4) is 5.75 Å². The number of methoxy groups -OCH3 is 1. The molecule has 148 valence electrons. The normalized spacial score (nSPS) is 14.3. The summed E-state index contributed by atoms with van der Waals surface area (Å²) in [6.45, 7) is 3.24. The first-order chi connectivity index (χ1) is 12.1. The van der Waals surface area contributed by atoms with Gasteiger partial charge >= 0.3 is 0 Å². The smallest absolute Gasteiger partial charge is 0.196 e. The van der Waals surface area contributed by atoms with Crippen LogP contribution in [0.1, 0.15) is 0 Å². The fourth-order valence-electron chi connectivity index (χ4n) is 2.87. The number of halogens is 4. The molecule has 5 nitrogen and oxygen atoms in total. The summed E-state index contributed by atoms with van der Waals surface area (Å²) >= 11 is 12.0. The van der Waals surface area contributed by atoms with Crippen molar-refractivity contribution in [3.05, 3.63) is 52.5 Å². The zero-order chi connectivity index (χ0) is 17.8. The van der Waals surface area contributed by atoms with Gasteiger partial charge in [-0.05, 0) is 30.3 Å². The molecule has 1 aliphatic heterocycles. The number of benzene rings is 2. The maximum Gasteiger partial charge on any atom is 0.196 e. The maximum atomic E-state index is 6.17. The molecule has 1 fully saturated rings. The van der Waals surface area contributed by atoms with Crippen LogP contribution in [0.15, 0.2) is 47.5 Å². The quantitative estimate of drug-likeness (QED) is 0.546. The summed E-state index contributed by atoms with van der Waals surface area (Å²) in [6, 6.07) is 13.2. The summed E-state index contributed by atoms with van der Waals surface area (Å²) in [5, 5.41) is 1.08. The van der Waals surface area contributed by atoms with Crippen molar-refractivity contribution in [1.29, 1.82) is 0 Å². The number of anilines is 1. The van der Waals surface area contributed by atoms with Crippen LogP contribution in [0.3, 0.4) is 0 Å². The molecular weight excluding hydrogens is 430 g/mol. The van der Waals surface area contributed by atoms with Crippen LogP contribution in [0.25, 0.3) is 0 Å². The van der Waals surface area contributed by atoms with Crippen molar-refractivity contribution < 1.29 is 4.74 Å². The minimum Gasteiger partial charge on any atom is -0.495 e. The monoisotopic (exact) mass is 450 g/mol. The van der Waals surface area contributed by atoms with Crippen molar-refractivity contribution in [2.75, 3.05) is 38.2 Å². The van der Waals surface area contributed by atoms with Gasteiger partial charge in [0.1, 0.15) is 5.75 Å². The van der Waals surface area contributed by atoms with Gasteiger partial charge in [0.05, 0.1) is 18.5 Å². The molecule has 0 unspecified atom stereocenters. The second-order valence-electron chi connectivity index (χ2n) is 5.74. The number of nitrogens with two attached hydrogens (primary N) is 1. The second kappa shape index (κ2) is 10.7. The summed E-state index contributed by atoms with van der Waals surface area (Å²) in [4.78, 5) is 8.79. The van der Waals surface area contributed by atoms with Crippen LogP contribution in [-0.4, -0.2) is 44.1 Å². The van der Waals surface area contributed by atoms with Gasteiger partial charge in [0.2, 0.25) is 0 Å². The summed E-state index contributed by atoms with van der Waals surface area (Å²) in [5.41, 5.74) is 7.92. The Bertz CT molecular complexity index is 759. The van der Waals surface area contributed by atoms with E-state index in [1.807, 2.05) is 18.2 Å². The Kier molecular flexibility index (Phi) is 9.33.